The molecule has 0 bridgehead atoms. The van der Waals surface area contributed by atoms with Crippen LogP contribution in [0.4, 0.5) is 0 Å². The topological polar surface area (TPSA) is 12.0 Å². The van der Waals surface area contributed by atoms with Crippen molar-refractivity contribution in [2.75, 3.05) is 7.05 Å². The van der Waals surface area contributed by atoms with Gasteiger partial charge < -0.3 is 5.32 Å². The van der Waals surface area contributed by atoms with E-state index in [1.165, 1.54) is 16.7 Å². The molecule has 0 saturated heterocycles. The fraction of sp³-hybridized carbons (Fsp3) is 0.250. The molecule has 0 aromatic heterocycles. The summed E-state index contributed by atoms with van der Waals surface area (Å²) in [6.45, 7) is 2.20. The van der Waals surface area contributed by atoms with Crippen molar-refractivity contribution in [3.8, 4) is 11.1 Å². The van der Waals surface area contributed by atoms with Crippen molar-refractivity contribution in [3.05, 3.63) is 58.6 Å². The van der Waals surface area contributed by atoms with Crippen molar-refractivity contribution >= 4 is 15.9 Å². The van der Waals surface area contributed by atoms with Crippen molar-refractivity contribution in [1.29, 1.82) is 0 Å². The molecule has 0 aliphatic rings. The molecule has 94 valence electrons. The smallest absolute Gasteiger partial charge is 0.0315 e. The number of benzene rings is 2. The van der Waals surface area contributed by atoms with E-state index in [2.05, 4.69) is 76.7 Å². The van der Waals surface area contributed by atoms with Gasteiger partial charge in [0, 0.05) is 10.5 Å². The van der Waals surface area contributed by atoms with Crippen LogP contribution in [0, 0.1) is 0 Å². The third-order valence-corrected chi connectivity index (χ3v) is 3.70. The molecule has 1 unspecified atom stereocenters. The molecule has 18 heavy (non-hydrogen) atoms. The lowest BCUT2D eigenvalue weighted by atomic mass is 9.98. The van der Waals surface area contributed by atoms with Gasteiger partial charge in [0.25, 0.3) is 0 Å². The Bertz CT molecular complexity index is 518. The predicted octanol–water partition coefficient (Wildman–Crippen LogP) is 4.79. The zero-order valence-corrected chi connectivity index (χ0v) is 12.4. The van der Waals surface area contributed by atoms with Crippen molar-refractivity contribution in [2.24, 2.45) is 0 Å². The third-order valence-electron chi connectivity index (χ3n) is 3.20. The Morgan fingerprint density at radius 2 is 1.72 bits per heavy atom. The fourth-order valence-electron chi connectivity index (χ4n) is 2.21. The molecule has 1 nitrogen and oxygen atoms in total. The van der Waals surface area contributed by atoms with Crippen LogP contribution in [0.25, 0.3) is 11.1 Å². The first kappa shape index (κ1) is 13.3. The Labute approximate surface area is 117 Å². The Balaban J connectivity index is 2.38. The minimum absolute atomic E-state index is 0.428. The van der Waals surface area contributed by atoms with Crippen LogP contribution in [-0.2, 0) is 0 Å². The molecule has 0 heterocycles. The van der Waals surface area contributed by atoms with Gasteiger partial charge in [0.2, 0.25) is 0 Å². The van der Waals surface area contributed by atoms with Gasteiger partial charge in [-0.05, 0) is 48.4 Å². The summed E-state index contributed by atoms with van der Waals surface area (Å²) in [6.07, 6.45) is 1.10. The molecule has 0 aliphatic heterocycles. The van der Waals surface area contributed by atoms with E-state index in [0.717, 1.165) is 10.9 Å². The van der Waals surface area contributed by atoms with Gasteiger partial charge in [-0.2, -0.15) is 0 Å². The molecule has 0 saturated carbocycles. The van der Waals surface area contributed by atoms with Crippen molar-refractivity contribution in [1.82, 2.24) is 5.32 Å². The van der Waals surface area contributed by atoms with E-state index in [9.17, 15) is 0 Å². The second-order valence-electron chi connectivity index (χ2n) is 4.39. The highest BCUT2D eigenvalue weighted by Gasteiger charge is 2.07. The van der Waals surface area contributed by atoms with E-state index in [1.807, 2.05) is 7.05 Å². The Morgan fingerprint density at radius 1 is 1.06 bits per heavy atom. The van der Waals surface area contributed by atoms with Gasteiger partial charge >= 0.3 is 0 Å². The maximum absolute atomic E-state index is 3.52. The van der Waals surface area contributed by atoms with E-state index < -0.39 is 0 Å². The first-order valence-electron chi connectivity index (χ1n) is 6.27. The summed E-state index contributed by atoms with van der Waals surface area (Å²) in [7, 11) is 2.01. The quantitative estimate of drug-likeness (QED) is 0.856. The van der Waals surface area contributed by atoms with Gasteiger partial charge in [0.15, 0.2) is 0 Å². The summed E-state index contributed by atoms with van der Waals surface area (Å²) in [5.74, 6) is 0. The molecule has 2 heteroatoms. The second kappa shape index (κ2) is 6.17. The van der Waals surface area contributed by atoms with Crippen LogP contribution in [0.5, 0.6) is 0 Å². The maximum atomic E-state index is 3.52. The summed E-state index contributed by atoms with van der Waals surface area (Å²) in [4.78, 5) is 0. The Kier molecular flexibility index (Phi) is 4.56. The molecular weight excluding hydrogens is 286 g/mol. The molecular formula is C16H18BrN. The Hall–Kier alpha value is -1.12. The van der Waals surface area contributed by atoms with E-state index in [0.29, 0.717) is 6.04 Å². The number of rotatable bonds is 4. The van der Waals surface area contributed by atoms with E-state index in [1.54, 1.807) is 0 Å². The van der Waals surface area contributed by atoms with Gasteiger partial charge in [-0.15, -0.1) is 0 Å². The molecule has 1 N–H and O–H groups in total. The number of nitrogens with one attached hydrogen (secondary N) is 1. The molecule has 0 spiro atoms. The molecule has 1 atom stereocenters. The van der Waals surface area contributed by atoms with E-state index >= 15 is 0 Å². The standard InChI is InChI=1S/C16H18BrN/c1-3-16(18-2)14-8-4-6-12(10-14)13-7-5-9-15(17)11-13/h4-11,16,18H,3H2,1-2H3. The number of hydrogen-bond donors (Lipinski definition) is 1. The molecule has 0 fully saturated rings. The molecule has 2 aromatic carbocycles. The van der Waals surface area contributed by atoms with Gasteiger partial charge in [-0.25, -0.2) is 0 Å². The molecule has 2 aromatic rings. The highest BCUT2D eigenvalue weighted by atomic mass is 79.9. The van der Waals surface area contributed by atoms with Gasteiger partial charge in [0.1, 0.15) is 0 Å². The third kappa shape index (κ3) is 3.01. The summed E-state index contributed by atoms with van der Waals surface area (Å²) >= 11 is 3.52. The zero-order chi connectivity index (χ0) is 13.0. The zero-order valence-electron chi connectivity index (χ0n) is 10.8. The molecule has 2 rings (SSSR count). The van der Waals surface area contributed by atoms with Crippen LogP contribution in [0.3, 0.4) is 0 Å². The monoisotopic (exact) mass is 303 g/mol. The van der Waals surface area contributed by atoms with Crippen LogP contribution in [0.1, 0.15) is 24.9 Å². The van der Waals surface area contributed by atoms with Crippen LogP contribution >= 0.6 is 15.9 Å². The second-order valence-corrected chi connectivity index (χ2v) is 5.30. The largest absolute Gasteiger partial charge is 0.313 e. The average Bonchev–Trinajstić information content (AvgIpc) is 2.41. The van der Waals surface area contributed by atoms with Gasteiger partial charge in [-0.1, -0.05) is 53.2 Å². The SMILES string of the molecule is CCC(NC)c1cccc(-c2cccc(Br)c2)c1. The molecule has 0 amide bonds. The maximum Gasteiger partial charge on any atom is 0.0315 e. The van der Waals surface area contributed by atoms with E-state index in [4.69, 9.17) is 0 Å². The van der Waals surface area contributed by atoms with Crippen LogP contribution in [0.2, 0.25) is 0 Å². The number of halogens is 1. The lowest BCUT2D eigenvalue weighted by molar-refractivity contribution is 0.577. The summed E-state index contributed by atoms with van der Waals surface area (Å²) < 4.78 is 1.12. The normalized spacial score (nSPS) is 12.4. The van der Waals surface area contributed by atoms with Gasteiger partial charge in [0.05, 0.1) is 0 Å². The minimum Gasteiger partial charge on any atom is -0.313 e. The summed E-state index contributed by atoms with van der Waals surface area (Å²) in [5.41, 5.74) is 3.86. The van der Waals surface area contributed by atoms with E-state index in [-0.39, 0.29) is 0 Å². The van der Waals surface area contributed by atoms with Crippen molar-refractivity contribution in [3.63, 3.8) is 0 Å². The first-order chi connectivity index (χ1) is 8.74. The van der Waals surface area contributed by atoms with Gasteiger partial charge in [-0.3, -0.25) is 0 Å². The van der Waals surface area contributed by atoms with Crippen molar-refractivity contribution in [2.45, 2.75) is 19.4 Å². The first-order valence-corrected chi connectivity index (χ1v) is 7.07. The van der Waals surface area contributed by atoms with Crippen LogP contribution < -0.4 is 5.32 Å². The highest BCUT2D eigenvalue weighted by Crippen LogP contribution is 2.26. The van der Waals surface area contributed by atoms with Crippen molar-refractivity contribution < 1.29 is 0 Å². The highest BCUT2D eigenvalue weighted by molar-refractivity contribution is 9.10. The van der Waals surface area contributed by atoms with Crippen LogP contribution in [0.15, 0.2) is 53.0 Å². The average molecular weight is 304 g/mol. The number of hydrogen-bond acceptors (Lipinski definition) is 1. The lowest BCUT2D eigenvalue weighted by Crippen LogP contribution is -2.15. The predicted molar refractivity (Wildman–Crippen MR) is 81.7 cm³/mol. The summed E-state index contributed by atoms with van der Waals surface area (Å²) in [6, 6.07) is 17.6. The molecule has 0 aliphatic carbocycles. The lowest BCUT2D eigenvalue weighted by Gasteiger charge is -2.15. The summed E-state index contributed by atoms with van der Waals surface area (Å²) in [5, 5.41) is 3.35. The van der Waals surface area contributed by atoms with Crippen LogP contribution in [-0.4, -0.2) is 7.05 Å². The molecule has 0 radical (unpaired) electrons. The Morgan fingerprint density at radius 3 is 2.33 bits per heavy atom. The minimum atomic E-state index is 0.428. The fourth-order valence-corrected chi connectivity index (χ4v) is 2.61.